The minimum Gasteiger partial charge on any atom is -0.309 e. The molecule has 0 fully saturated rings. The van der Waals surface area contributed by atoms with E-state index in [4.69, 9.17) is 0 Å². The van der Waals surface area contributed by atoms with Crippen LogP contribution in [0.25, 0.3) is 0 Å². The van der Waals surface area contributed by atoms with E-state index in [1.165, 1.54) is 31.4 Å². The molecule has 78 valence electrons. The summed E-state index contributed by atoms with van der Waals surface area (Å²) in [4.78, 5) is 2.26. The van der Waals surface area contributed by atoms with E-state index in [9.17, 15) is 0 Å². The third-order valence-electron chi connectivity index (χ3n) is 2.28. The molecule has 0 aliphatic rings. The van der Waals surface area contributed by atoms with Crippen LogP contribution in [0, 0.1) is 5.92 Å². The monoisotopic (exact) mass is 183 g/mol. The quantitative estimate of drug-likeness (QED) is 0.571. The highest BCUT2D eigenvalue weighted by atomic mass is 15.0. The van der Waals surface area contributed by atoms with E-state index >= 15 is 0 Å². The van der Waals surface area contributed by atoms with Crippen molar-refractivity contribution in [1.82, 2.24) is 4.90 Å². The minimum atomic E-state index is 0.859. The zero-order valence-corrected chi connectivity index (χ0v) is 9.93. The Morgan fingerprint density at radius 2 is 1.85 bits per heavy atom. The summed E-state index contributed by atoms with van der Waals surface area (Å²) < 4.78 is 0. The van der Waals surface area contributed by atoms with Crippen molar-refractivity contribution >= 4 is 0 Å². The van der Waals surface area contributed by atoms with Crippen LogP contribution in [-0.4, -0.2) is 25.5 Å². The van der Waals surface area contributed by atoms with Crippen molar-refractivity contribution < 1.29 is 0 Å². The maximum Gasteiger partial charge on any atom is -0.00223 e. The maximum atomic E-state index is 2.35. The molecular formula is C12H25N. The van der Waals surface area contributed by atoms with Gasteiger partial charge in [0, 0.05) is 0 Å². The van der Waals surface area contributed by atoms with Gasteiger partial charge >= 0.3 is 0 Å². The van der Waals surface area contributed by atoms with Crippen LogP contribution < -0.4 is 0 Å². The summed E-state index contributed by atoms with van der Waals surface area (Å²) in [5.41, 5.74) is 1.44. The fourth-order valence-electron chi connectivity index (χ4n) is 1.28. The Morgan fingerprint density at radius 3 is 2.31 bits per heavy atom. The number of hydrogen-bond donors (Lipinski definition) is 0. The van der Waals surface area contributed by atoms with Crippen LogP contribution in [0.3, 0.4) is 0 Å². The lowest BCUT2D eigenvalue weighted by Crippen LogP contribution is -2.15. The van der Waals surface area contributed by atoms with Gasteiger partial charge in [-0.25, -0.2) is 0 Å². The number of allylic oxidation sites excluding steroid dienone is 2. The minimum absolute atomic E-state index is 0.859. The van der Waals surface area contributed by atoms with Crippen molar-refractivity contribution in [3.05, 3.63) is 11.6 Å². The molecule has 0 aliphatic carbocycles. The number of nitrogens with zero attached hydrogens (tertiary/aromatic N) is 1. The lowest BCUT2D eigenvalue weighted by molar-refractivity contribution is 0.352. The van der Waals surface area contributed by atoms with Gasteiger partial charge in [-0.1, -0.05) is 18.6 Å². The van der Waals surface area contributed by atoms with Crippen molar-refractivity contribution in [1.29, 1.82) is 0 Å². The molecule has 0 unspecified atom stereocenters. The summed E-state index contributed by atoms with van der Waals surface area (Å²) in [5.74, 6) is 0.859. The molecule has 1 heteroatoms. The first-order chi connectivity index (χ1) is 6.02. The summed E-state index contributed by atoms with van der Waals surface area (Å²) in [7, 11) is 4.28. The Kier molecular flexibility index (Phi) is 6.97. The van der Waals surface area contributed by atoms with Gasteiger partial charge < -0.3 is 4.90 Å². The second kappa shape index (κ2) is 7.14. The summed E-state index contributed by atoms with van der Waals surface area (Å²) in [6.07, 6.45) is 6.24. The van der Waals surface area contributed by atoms with Crippen LogP contribution >= 0.6 is 0 Å². The number of rotatable bonds is 6. The largest absolute Gasteiger partial charge is 0.309 e. The van der Waals surface area contributed by atoms with Gasteiger partial charge in [-0.05, 0) is 59.7 Å². The Morgan fingerprint density at radius 1 is 1.23 bits per heavy atom. The molecule has 0 rings (SSSR count). The summed E-state index contributed by atoms with van der Waals surface area (Å²) in [6, 6.07) is 0. The van der Waals surface area contributed by atoms with E-state index in [0.717, 1.165) is 5.92 Å². The standard InChI is InChI=1S/C12H25N/c1-11(2)7-6-8-12(3)9-10-13(4)5/h7,12H,6,8-10H2,1-5H3/t12-/m0/s1. The van der Waals surface area contributed by atoms with Crippen LogP contribution in [0.4, 0.5) is 0 Å². The molecule has 0 amide bonds. The summed E-state index contributed by atoms with van der Waals surface area (Å²) in [6.45, 7) is 7.91. The lowest BCUT2D eigenvalue weighted by atomic mass is 10.0. The maximum absolute atomic E-state index is 2.35. The van der Waals surface area contributed by atoms with E-state index in [1.54, 1.807) is 0 Å². The van der Waals surface area contributed by atoms with E-state index in [1.807, 2.05) is 0 Å². The van der Waals surface area contributed by atoms with E-state index in [2.05, 4.69) is 45.8 Å². The molecule has 0 saturated heterocycles. The topological polar surface area (TPSA) is 3.24 Å². The van der Waals surface area contributed by atoms with Crippen LogP contribution in [-0.2, 0) is 0 Å². The molecule has 0 bridgehead atoms. The van der Waals surface area contributed by atoms with Crippen molar-refractivity contribution in [3.63, 3.8) is 0 Å². The zero-order chi connectivity index (χ0) is 10.3. The fraction of sp³-hybridized carbons (Fsp3) is 0.833. The van der Waals surface area contributed by atoms with Crippen molar-refractivity contribution in [3.8, 4) is 0 Å². The highest BCUT2D eigenvalue weighted by Crippen LogP contribution is 2.11. The predicted molar refractivity (Wildman–Crippen MR) is 61.0 cm³/mol. The average molecular weight is 183 g/mol. The first-order valence-corrected chi connectivity index (χ1v) is 5.30. The second-order valence-corrected chi connectivity index (χ2v) is 4.56. The predicted octanol–water partition coefficient (Wildman–Crippen LogP) is 3.32. The van der Waals surface area contributed by atoms with Gasteiger partial charge in [-0.3, -0.25) is 0 Å². The van der Waals surface area contributed by atoms with Gasteiger partial charge in [-0.2, -0.15) is 0 Å². The van der Waals surface area contributed by atoms with Gasteiger partial charge in [0.1, 0.15) is 0 Å². The van der Waals surface area contributed by atoms with Gasteiger partial charge in [-0.15, -0.1) is 0 Å². The molecule has 1 atom stereocenters. The van der Waals surface area contributed by atoms with Crippen molar-refractivity contribution in [2.75, 3.05) is 20.6 Å². The van der Waals surface area contributed by atoms with Crippen LogP contribution in [0.2, 0.25) is 0 Å². The molecule has 0 saturated carbocycles. The highest BCUT2D eigenvalue weighted by Gasteiger charge is 2.01. The highest BCUT2D eigenvalue weighted by molar-refractivity contribution is 4.92. The van der Waals surface area contributed by atoms with Crippen LogP contribution in [0.1, 0.15) is 40.0 Å². The van der Waals surface area contributed by atoms with E-state index < -0.39 is 0 Å². The van der Waals surface area contributed by atoms with Crippen molar-refractivity contribution in [2.45, 2.75) is 40.0 Å². The van der Waals surface area contributed by atoms with Gasteiger partial charge in [0.25, 0.3) is 0 Å². The molecule has 13 heavy (non-hydrogen) atoms. The summed E-state index contributed by atoms with van der Waals surface area (Å²) in [5, 5.41) is 0. The average Bonchev–Trinajstić information content (AvgIpc) is 2.00. The molecule has 0 spiro atoms. The Hall–Kier alpha value is -0.300. The number of hydrogen-bond acceptors (Lipinski definition) is 1. The van der Waals surface area contributed by atoms with E-state index in [-0.39, 0.29) is 0 Å². The molecule has 0 aromatic rings. The Labute approximate surface area is 83.8 Å². The Balaban J connectivity index is 3.40. The van der Waals surface area contributed by atoms with Gasteiger partial charge in [0.15, 0.2) is 0 Å². The van der Waals surface area contributed by atoms with Gasteiger partial charge in [0.2, 0.25) is 0 Å². The first kappa shape index (κ1) is 12.7. The lowest BCUT2D eigenvalue weighted by Gasteiger charge is -2.14. The molecule has 0 radical (unpaired) electrons. The van der Waals surface area contributed by atoms with Gasteiger partial charge in [0.05, 0.1) is 0 Å². The first-order valence-electron chi connectivity index (χ1n) is 5.30. The van der Waals surface area contributed by atoms with Crippen LogP contribution in [0.5, 0.6) is 0 Å². The fourth-order valence-corrected chi connectivity index (χ4v) is 1.28. The van der Waals surface area contributed by atoms with Crippen molar-refractivity contribution in [2.24, 2.45) is 5.92 Å². The van der Waals surface area contributed by atoms with E-state index in [0.29, 0.717) is 0 Å². The Bertz CT molecular complexity index is 143. The molecule has 0 aromatic heterocycles. The normalized spacial score (nSPS) is 13.1. The zero-order valence-electron chi connectivity index (χ0n) is 9.93. The third kappa shape index (κ3) is 9.62. The summed E-state index contributed by atoms with van der Waals surface area (Å²) >= 11 is 0. The smallest absolute Gasteiger partial charge is 0.00223 e. The SMILES string of the molecule is CC(C)=CCC[C@H](C)CCN(C)C. The van der Waals surface area contributed by atoms with Crippen LogP contribution in [0.15, 0.2) is 11.6 Å². The molecule has 0 N–H and O–H groups in total. The molecular weight excluding hydrogens is 158 g/mol. The molecule has 0 aromatic carbocycles. The third-order valence-corrected chi connectivity index (χ3v) is 2.28. The molecule has 1 nitrogen and oxygen atoms in total. The molecule has 0 aliphatic heterocycles. The molecule has 0 heterocycles. The second-order valence-electron chi connectivity index (χ2n) is 4.56.